The fourth-order valence-electron chi connectivity index (χ4n) is 0.0676. The topological polar surface area (TPSA) is 83.5 Å². The molecule has 0 amide bonds. The Hall–Kier alpha value is -0.320. The van der Waals surface area contributed by atoms with Gasteiger partial charge in [-0.2, -0.15) is 0 Å². The summed E-state index contributed by atoms with van der Waals surface area (Å²) in [5, 5.41) is 16.2. The van der Waals surface area contributed by atoms with Gasteiger partial charge in [-0.25, -0.2) is 4.79 Å². The van der Waals surface area contributed by atoms with Crippen LogP contribution in [0.2, 0.25) is 0 Å². The Morgan fingerprint density at radius 2 is 2.25 bits per heavy atom. The number of halogens is 1. The molecule has 0 rings (SSSR count). The fourth-order valence-corrected chi connectivity index (χ4v) is 0.0676. The lowest BCUT2D eigenvalue weighted by Gasteiger charge is -2.10. The Balaban J connectivity index is 3.91. The standard InChI is InChI=1S/C3H6ClNO3/c4-3(5,1-6)2(7)8/h6H,1,5H2,(H,7,8). The number of carboxylic acids is 1. The molecule has 0 aromatic heterocycles. The molecule has 0 aliphatic carbocycles. The summed E-state index contributed by atoms with van der Waals surface area (Å²) in [5.74, 6) is -1.43. The molecule has 4 N–H and O–H groups in total. The number of aliphatic hydroxyl groups excluding tert-OH is 1. The summed E-state index contributed by atoms with van der Waals surface area (Å²) < 4.78 is 0. The van der Waals surface area contributed by atoms with E-state index < -0.39 is 17.6 Å². The van der Waals surface area contributed by atoms with Crippen LogP contribution in [-0.2, 0) is 4.79 Å². The van der Waals surface area contributed by atoms with Crippen LogP contribution in [0.3, 0.4) is 0 Å². The minimum Gasteiger partial charge on any atom is -0.479 e. The van der Waals surface area contributed by atoms with Gasteiger partial charge in [0.1, 0.15) is 0 Å². The Labute approximate surface area is 50.9 Å². The monoisotopic (exact) mass is 139 g/mol. The maximum Gasteiger partial charge on any atom is 0.341 e. The normalized spacial score (nSPS) is 17.4. The Morgan fingerprint density at radius 3 is 2.25 bits per heavy atom. The van der Waals surface area contributed by atoms with E-state index >= 15 is 0 Å². The quantitative estimate of drug-likeness (QED) is 0.337. The van der Waals surface area contributed by atoms with Gasteiger partial charge in [-0.1, -0.05) is 11.6 Å². The highest BCUT2D eigenvalue weighted by molar-refractivity contribution is 6.33. The van der Waals surface area contributed by atoms with Gasteiger partial charge in [-0.05, 0) is 0 Å². The molecule has 0 aromatic carbocycles. The molecular formula is C3H6ClNO3. The molecule has 0 saturated heterocycles. The van der Waals surface area contributed by atoms with Crippen molar-refractivity contribution in [1.82, 2.24) is 0 Å². The predicted octanol–water partition coefficient (Wildman–Crippen LogP) is -1.04. The zero-order valence-corrected chi connectivity index (χ0v) is 4.72. The first-order valence-corrected chi connectivity index (χ1v) is 2.20. The highest BCUT2D eigenvalue weighted by Crippen LogP contribution is 2.03. The number of hydrogen-bond acceptors (Lipinski definition) is 3. The second kappa shape index (κ2) is 2.30. The van der Waals surface area contributed by atoms with Crippen LogP contribution in [0.5, 0.6) is 0 Å². The number of hydrogen-bond donors (Lipinski definition) is 3. The number of alkyl halides is 1. The first-order valence-electron chi connectivity index (χ1n) is 1.83. The van der Waals surface area contributed by atoms with Gasteiger partial charge in [0.15, 0.2) is 0 Å². The van der Waals surface area contributed by atoms with Crippen LogP contribution in [0.15, 0.2) is 0 Å². The zero-order chi connectivity index (χ0) is 6.78. The summed E-state index contributed by atoms with van der Waals surface area (Å²) in [6.07, 6.45) is 0. The van der Waals surface area contributed by atoms with Gasteiger partial charge >= 0.3 is 5.97 Å². The highest BCUT2D eigenvalue weighted by Gasteiger charge is 2.29. The van der Waals surface area contributed by atoms with E-state index in [4.69, 9.17) is 27.5 Å². The third kappa shape index (κ3) is 1.65. The third-order valence-electron chi connectivity index (χ3n) is 0.586. The minimum atomic E-state index is -2.01. The molecule has 1 atom stereocenters. The van der Waals surface area contributed by atoms with E-state index in [0.29, 0.717) is 0 Å². The first-order chi connectivity index (χ1) is 3.50. The zero-order valence-electron chi connectivity index (χ0n) is 3.97. The van der Waals surface area contributed by atoms with Gasteiger partial charge in [-0.15, -0.1) is 0 Å². The smallest absolute Gasteiger partial charge is 0.341 e. The minimum absolute atomic E-state index is 0.774. The van der Waals surface area contributed by atoms with Crippen molar-refractivity contribution in [3.63, 3.8) is 0 Å². The van der Waals surface area contributed by atoms with Crippen molar-refractivity contribution in [2.75, 3.05) is 6.61 Å². The van der Waals surface area contributed by atoms with Crippen LogP contribution < -0.4 is 5.73 Å². The molecule has 0 fully saturated rings. The van der Waals surface area contributed by atoms with Crippen molar-refractivity contribution in [2.45, 2.75) is 5.00 Å². The molecule has 0 heterocycles. The van der Waals surface area contributed by atoms with Gasteiger partial charge in [0, 0.05) is 0 Å². The molecule has 1 unspecified atom stereocenters. The fraction of sp³-hybridized carbons (Fsp3) is 0.667. The average molecular weight is 140 g/mol. The van der Waals surface area contributed by atoms with Crippen LogP contribution >= 0.6 is 11.6 Å². The third-order valence-corrected chi connectivity index (χ3v) is 0.867. The molecule has 0 radical (unpaired) electrons. The summed E-state index contributed by atoms with van der Waals surface area (Å²) >= 11 is 4.98. The first kappa shape index (κ1) is 7.68. The van der Waals surface area contributed by atoms with E-state index in [1.54, 1.807) is 0 Å². The average Bonchev–Trinajstić information content (AvgIpc) is 1.67. The van der Waals surface area contributed by atoms with E-state index in [-0.39, 0.29) is 0 Å². The van der Waals surface area contributed by atoms with Crippen molar-refractivity contribution in [2.24, 2.45) is 5.73 Å². The van der Waals surface area contributed by atoms with Gasteiger partial charge in [0.25, 0.3) is 0 Å². The molecular weight excluding hydrogens is 133 g/mol. The molecule has 4 nitrogen and oxygen atoms in total. The highest BCUT2D eigenvalue weighted by atomic mass is 35.5. The van der Waals surface area contributed by atoms with E-state index in [1.165, 1.54) is 0 Å². The number of rotatable bonds is 2. The number of aliphatic carboxylic acids is 1. The Bertz CT molecular complexity index is 103. The Morgan fingerprint density at radius 1 is 1.88 bits per heavy atom. The van der Waals surface area contributed by atoms with Crippen LogP contribution in [0, 0.1) is 0 Å². The second-order valence-corrected chi connectivity index (χ2v) is 2.00. The van der Waals surface area contributed by atoms with E-state index in [0.717, 1.165) is 0 Å². The second-order valence-electron chi connectivity index (χ2n) is 1.33. The van der Waals surface area contributed by atoms with Crippen molar-refractivity contribution in [3.05, 3.63) is 0 Å². The summed E-state index contributed by atoms with van der Waals surface area (Å²) in [5.41, 5.74) is 4.77. The molecule has 8 heavy (non-hydrogen) atoms. The molecule has 0 aliphatic heterocycles. The largest absolute Gasteiger partial charge is 0.479 e. The lowest BCUT2D eigenvalue weighted by atomic mass is 10.3. The van der Waals surface area contributed by atoms with Gasteiger partial charge in [0.05, 0.1) is 6.61 Å². The maximum absolute atomic E-state index is 9.84. The van der Waals surface area contributed by atoms with E-state index in [1.807, 2.05) is 0 Å². The van der Waals surface area contributed by atoms with Crippen molar-refractivity contribution in [3.8, 4) is 0 Å². The molecule has 5 heteroatoms. The van der Waals surface area contributed by atoms with Crippen LogP contribution in [-0.4, -0.2) is 27.8 Å². The number of aliphatic hydroxyl groups is 1. The van der Waals surface area contributed by atoms with Crippen molar-refractivity contribution in [1.29, 1.82) is 0 Å². The molecule has 0 aromatic rings. The number of carboxylic acid groups (broad SMARTS) is 1. The van der Waals surface area contributed by atoms with E-state index in [9.17, 15) is 4.79 Å². The lowest BCUT2D eigenvalue weighted by Crippen LogP contribution is -2.45. The van der Waals surface area contributed by atoms with Crippen molar-refractivity contribution < 1.29 is 15.0 Å². The maximum atomic E-state index is 9.84. The molecule has 0 bridgehead atoms. The van der Waals surface area contributed by atoms with E-state index in [2.05, 4.69) is 0 Å². The van der Waals surface area contributed by atoms with Crippen LogP contribution in [0.1, 0.15) is 0 Å². The summed E-state index contributed by atoms with van der Waals surface area (Å²) in [7, 11) is 0. The number of nitrogens with two attached hydrogens (primary N) is 1. The van der Waals surface area contributed by atoms with Gasteiger partial charge in [-0.3, -0.25) is 0 Å². The van der Waals surface area contributed by atoms with Crippen molar-refractivity contribution >= 4 is 17.6 Å². The predicted molar refractivity (Wildman–Crippen MR) is 27.5 cm³/mol. The molecule has 0 spiro atoms. The molecule has 48 valence electrons. The Kier molecular flexibility index (Phi) is 2.21. The summed E-state index contributed by atoms with van der Waals surface area (Å²) in [4.78, 5) is 7.82. The van der Waals surface area contributed by atoms with Crippen LogP contribution in [0.4, 0.5) is 0 Å². The van der Waals surface area contributed by atoms with Gasteiger partial charge < -0.3 is 15.9 Å². The van der Waals surface area contributed by atoms with Gasteiger partial charge in [0.2, 0.25) is 5.00 Å². The summed E-state index contributed by atoms with van der Waals surface area (Å²) in [6, 6.07) is 0. The SMILES string of the molecule is NC(Cl)(CO)C(=O)O. The summed E-state index contributed by atoms with van der Waals surface area (Å²) in [6.45, 7) is -0.774. The molecule has 0 saturated carbocycles. The van der Waals surface area contributed by atoms with Crippen LogP contribution in [0.25, 0.3) is 0 Å². The lowest BCUT2D eigenvalue weighted by molar-refractivity contribution is -0.141. The number of carbonyl (C=O) groups is 1. The molecule has 0 aliphatic rings.